The van der Waals surface area contributed by atoms with E-state index in [0.29, 0.717) is 26.4 Å². The first-order valence-corrected chi connectivity index (χ1v) is 7.95. The van der Waals surface area contributed by atoms with Gasteiger partial charge in [0.2, 0.25) is 0 Å². The Balaban J connectivity index is 2.60. The molecule has 0 spiro atoms. The first kappa shape index (κ1) is 18.3. The van der Waals surface area contributed by atoms with Crippen LogP contribution in [-0.4, -0.2) is 39.4 Å². The maximum atomic E-state index is 5.84. The van der Waals surface area contributed by atoms with Crippen molar-refractivity contribution in [3.8, 4) is 5.75 Å². The summed E-state index contributed by atoms with van der Waals surface area (Å²) in [7, 11) is 1.78. The predicted molar refractivity (Wildman–Crippen MR) is 91.7 cm³/mol. The molecule has 0 amide bonds. The first-order chi connectivity index (χ1) is 10.7. The summed E-state index contributed by atoms with van der Waals surface area (Å²) in [6.45, 7) is 9.64. The van der Waals surface area contributed by atoms with Crippen molar-refractivity contribution >= 4 is 5.96 Å². The number of nitrogens with zero attached hydrogens (tertiary/aromatic N) is 1. The summed E-state index contributed by atoms with van der Waals surface area (Å²) in [6, 6.07) is 6.24. The summed E-state index contributed by atoms with van der Waals surface area (Å²) < 4.78 is 11.2. The second kappa shape index (κ2) is 10.9. The Labute approximate surface area is 134 Å². The number of nitrogens with one attached hydrogen (secondary N) is 2. The van der Waals surface area contributed by atoms with Crippen molar-refractivity contribution in [2.75, 3.05) is 33.4 Å². The maximum Gasteiger partial charge on any atom is 0.191 e. The minimum Gasteiger partial charge on any atom is -0.491 e. The Hall–Kier alpha value is -1.75. The number of ether oxygens (including phenoxy) is 2. The predicted octanol–water partition coefficient (Wildman–Crippen LogP) is 2.49. The lowest BCUT2D eigenvalue weighted by molar-refractivity contribution is 0.110. The van der Waals surface area contributed by atoms with E-state index in [1.807, 2.05) is 6.92 Å². The molecule has 0 aliphatic rings. The highest BCUT2D eigenvalue weighted by molar-refractivity contribution is 5.79. The molecule has 0 saturated heterocycles. The average molecular weight is 307 g/mol. The molecule has 2 N–H and O–H groups in total. The summed E-state index contributed by atoms with van der Waals surface area (Å²) in [5, 5.41) is 6.57. The van der Waals surface area contributed by atoms with Gasteiger partial charge in [-0.25, -0.2) is 0 Å². The molecule has 0 aliphatic carbocycles. The van der Waals surface area contributed by atoms with Gasteiger partial charge in [0.15, 0.2) is 5.96 Å². The van der Waals surface area contributed by atoms with Crippen molar-refractivity contribution in [2.45, 2.75) is 33.7 Å². The Morgan fingerprint density at radius 1 is 1.18 bits per heavy atom. The Kier molecular flexibility index (Phi) is 9.07. The molecular weight excluding hydrogens is 278 g/mol. The molecule has 1 aromatic carbocycles. The Morgan fingerprint density at radius 3 is 2.68 bits per heavy atom. The minimum atomic E-state index is 0.563. The van der Waals surface area contributed by atoms with E-state index in [0.717, 1.165) is 30.2 Å². The van der Waals surface area contributed by atoms with Crippen molar-refractivity contribution < 1.29 is 9.47 Å². The Morgan fingerprint density at radius 2 is 2.00 bits per heavy atom. The fraction of sp³-hybridized carbons (Fsp3) is 0.588. The molecule has 22 heavy (non-hydrogen) atoms. The fourth-order valence-electron chi connectivity index (χ4n) is 1.94. The van der Waals surface area contributed by atoms with Gasteiger partial charge in [-0.1, -0.05) is 19.1 Å². The number of hydrogen-bond acceptors (Lipinski definition) is 3. The van der Waals surface area contributed by atoms with Gasteiger partial charge in [0.05, 0.1) is 6.61 Å². The van der Waals surface area contributed by atoms with Gasteiger partial charge in [0.25, 0.3) is 0 Å². The molecule has 0 aliphatic heterocycles. The van der Waals surface area contributed by atoms with E-state index < -0.39 is 0 Å². The molecule has 0 unspecified atom stereocenters. The van der Waals surface area contributed by atoms with Crippen LogP contribution in [-0.2, 0) is 11.3 Å². The summed E-state index contributed by atoms with van der Waals surface area (Å²) in [5.41, 5.74) is 2.30. The van der Waals surface area contributed by atoms with Crippen molar-refractivity contribution in [3.63, 3.8) is 0 Å². The molecule has 0 heterocycles. The van der Waals surface area contributed by atoms with E-state index in [9.17, 15) is 0 Å². The van der Waals surface area contributed by atoms with Crippen molar-refractivity contribution in [3.05, 3.63) is 29.3 Å². The molecule has 0 aromatic heterocycles. The van der Waals surface area contributed by atoms with Crippen LogP contribution in [0.1, 0.15) is 31.4 Å². The molecule has 0 bridgehead atoms. The number of aryl methyl sites for hydroxylation is 1. The zero-order chi connectivity index (χ0) is 16.2. The normalized spacial score (nSPS) is 11.4. The van der Waals surface area contributed by atoms with Crippen LogP contribution >= 0.6 is 0 Å². The number of aliphatic imine (C=N–C) groups is 1. The molecule has 0 radical (unpaired) electrons. The molecule has 5 heteroatoms. The topological polar surface area (TPSA) is 54.9 Å². The highest BCUT2D eigenvalue weighted by Gasteiger charge is 2.05. The summed E-state index contributed by atoms with van der Waals surface area (Å²) >= 11 is 0. The van der Waals surface area contributed by atoms with E-state index in [-0.39, 0.29) is 0 Å². The SMILES string of the molecule is CCCNC(=NC)NCc1ccc(C)cc1OCCOCC. The lowest BCUT2D eigenvalue weighted by atomic mass is 10.1. The monoisotopic (exact) mass is 307 g/mol. The van der Waals surface area contributed by atoms with E-state index in [2.05, 4.69) is 47.7 Å². The summed E-state index contributed by atoms with van der Waals surface area (Å²) in [5.74, 6) is 1.71. The number of hydrogen-bond donors (Lipinski definition) is 2. The number of benzene rings is 1. The van der Waals surface area contributed by atoms with Gasteiger partial charge in [-0.3, -0.25) is 4.99 Å². The summed E-state index contributed by atoms with van der Waals surface area (Å²) in [6.07, 6.45) is 1.07. The van der Waals surface area contributed by atoms with Crippen LogP contribution in [0.3, 0.4) is 0 Å². The summed E-state index contributed by atoms with van der Waals surface area (Å²) in [4.78, 5) is 4.21. The van der Waals surface area contributed by atoms with Gasteiger partial charge >= 0.3 is 0 Å². The molecule has 5 nitrogen and oxygen atoms in total. The van der Waals surface area contributed by atoms with Gasteiger partial charge in [-0.05, 0) is 31.9 Å². The van der Waals surface area contributed by atoms with Crippen molar-refractivity contribution in [1.82, 2.24) is 10.6 Å². The molecule has 0 atom stereocenters. The second-order valence-electron chi connectivity index (χ2n) is 5.01. The van der Waals surface area contributed by atoms with Crippen LogP contribution in [0.4, 0.5) is 0 Å². The van der Waals surface area contributed by atoms with Crippen molar-refractivity contribution in [2.24, 2.45) is 4.99 Å². The molecule has 1 aromatic rings. The van der Waals surface area contributed by atoms with Gasteiger partial charge in [0, 0.05) is 32.3 Å². The standard InChI is InChI=1S/C17H29N3O2/c1-5-9-19-17(18-4)20-13-15-8-7-14(3)12-16(15)22-11-10-21-6-2/h7-8,12H,5-6,9-11,13H2,1-4H3,(H2,18,19,20). The van der Waals surface area contributed by atoms with Gasteiger partial charge in [-0.2, -0.15) is 0 Å². The number of rotatable bonds is 9. The number of guanidine groups is 1. The fourth-order valence-corrected chi connectivity index (χ4v) is 1.94. The second-order valence-corrected chi connectivity index (χ2v) is 5.01. The average Bonchev–Trinajstić information content (AvgIpc) is 2.53. The molecule has 0 fully saturated rings. The smallest absolute Gasteiger partial charge is 0.191 e. The van der Waals surface area contributed by atoms with Crippen LogP contribution in [0, 0.1) is 6.92 Å². The van der Waals surface area contributed by atoms with Gasteiger partial charge in [-0.15, -0.1) is 0 Å². The zero-order valence-electron chi connectivity index (χ0n) is 14.2. The van der Waals surface area contributed by atoms with Gasteiger partial charge < -0.3 is 20.1 Å². The van der Waals surface area contributed by atoms with Crippen LogP contribution in [0.5, 0.6) is 5.75 Å². The third-order valence-electron chi connectivity index (χ3n) is 3.12. The third-order valence-corrected chi connectivity index (χ3v) is 3.12. The van der Waals surface area contributed by atoms with E-state index >= 15 is 0 Å². The van der Waals surface area contributed by atoms with E-state index in [1.165, 1.54) is 5.56 Å². The van der Waals surface area contributed by atoms with Crippen LogP contribution in [0.25, 0.3) is 0 Å². The minimum absolute atomic E-state index is 0.563. The molecule has 124 valence electrons. The third kappa shape index (κ3) is 6.80. The van der Waals surface area contributed by atoms with Crippen LogP contribution in [0.2, 0.25) is 0 Å². The maximum absolute atomic E-state index is 5.84. The zero-order valence-corrected chi connectivity index (χ0v) is 14.2. The van der Waals surface area contributed by atoms with E-state index in [1.54, 1.807) is 7.05 Å². The Bertz CT molecular complexity index is 461. The van der Waals surface area contributed by atoms with E-state index in [4.69, 9.17) is 9.47 Å². The quantitative estimate of drug-likeness (QED) is 0.418. The van der Waals surface area contributed by atoms with Crippen LogP contribution < -0.4 is 15.4 Å². The lowest BCUT2D eigenvalue weighted by Crippen LogP contribution is -2.37. The molecule has 1 rings (SSSR count). The molecular formula is C17H29N3O2. The lowest BCUT2D eigenvalue weighted by Gasteiger charge is -2.15. The van der Waals surface area contributed by atoms with Crippen LogP contribution in [0.15, 0.2) is 23.2 Å². The first-order valence-electron chi connectivity index (χ1n) is 7.95. The van der Waals surface area contributed by atoms with Gasteiger partial charge in [0.1, 0.15) is 12.4 Å². The highest BCUT2D eigenvalue weighted by Crippen LogP contribution is 2.20. The molecule has 0 saturated carbocycles. The van der Waals surface area contributed by atoms with Crippen molar-refractivity contribution in [1.29, 1.82) is 0 Å². The largest absolute Gasteiger partial charge is 0.491 e. The highest BCUT2D eigenvalue weighted by atomic mass is 16.5.